The molecule has 0 fully saturated rings. The average molecular weight is 481 g/mol. The van der Waals surface area contributed by atoms with Gasteiger partial charge in [-0.25, -0.2) is 0 Å². The summed E-state index contributed by atoms with van der Waals surface area (Å²) < 4.78 is 43.7. The van der Waals surface area contributed by atoms with Gasteiger partial charge in [0.25, 0.3) is 0 Å². The van der Waals surface area contributed by atoms with Crippen LogP contribution in [0.25, 0.3) is 0 Å². The maximum absolute atomic E-state index is 5.55. The van der Waals surface area contributed by atoms with Crippen molar-refractivity contribution in [2.24, 2.45) is 0 Å². The molecule has 0 saturated heterocycles. The topological polar surface area (TPSA) is 73.8 Å². The Hall–Kier alpha value is -0.320. The highest BCUT2D eigenvalue weighted by Crippen LogP contribution is 2.02. The zero-order valence-corrected chi connectivity index (χ0v) is 21.5. The number of hydrogen-bond acceptors (Lipinski definition) is 8. The van der Waals surface area contributed by atoms with Gasteiger partial charge in [0.05, 0.1) is 92.5 Å². The van der Waals surface area contributed by atoms with Crippen LogP contribution in [0, 0.1) is 0 Å². The Morgan fingerprint density at radius 1 is 0.242 bits per heavy atom. The van der Waals surface area contributed by atoms with Crippen molar-refractivity contribution in [3.63, 3.8) is 0 Å². The molecule has 0 rings (SSSR count). The van der Waals surface area contributed by atoms with Gasteiger partial charge in [-0.2, -0.15) is 0 Å². The summed E-state index contributed by atoms with van der Waals surface area (Å²) in [6.45, 7) is 14.2. The molecule has 8 heteroatoms. The zero-order chi connectivity index (χ0) is 23.9. The fourth-order valence-electron chi connectivity index (χ4n) is 2.70. The van der Waals surface area contributed by atoms with Gasteiger partial charge in [0.2, 0.25) is 0 Å². The van der Waals surface area contributed by atoms with Gasteiger partial charge in [0, 0.05) is 13.2 Å². The van der Waals surface area contributed by atoms with Crippen LogP contribution in [0.2, 0.25) is 0 Å². The van der Waals surface area contributed by atoms with Crippen molar-refractivity contribution < 1.29 is 37.9 Å². The van der Waals surface area contributed by atoms with Crippen molar-refractivity contribution in [2.75, 3.05) is 106 Å². The van der Waals surface area contributed by atoms with Crippen molar-refractivity contribution in [1.29, 1.82) is 0 Å². The van der Waals surface area contributed by atoms with Crippen LogP contribution in [0.1, 0.15) is 58.8 Å². The van der Waals surface area contributed by atoms with Crippen molar-refractivity contribution >= 4 is 0 Å². The average Bonchev–Trinajstić information content (AvgIpc) is 2.83. The predicted molar refractivity (Wildman–Crippen MR) is 130 cm³/mol. The maximum Gasteiger partial charge on any atom is 0.0701 e. The minimum atomic E-state index is 0.552. The van der Waals surface area contributed by atoms with Crippen molar-refractivity contribution in [3.8, 4) is 0 Å². The molecular weight excluding hydrogens is 428 g/mol. The Labute approximate surface area is 202 Å². The van der Waals surface area contributed by atoms with E-state index in [1.807, 2.05) is 0 Å². The van der Waals surface area contributed by atoms with Gasteiger partial charge in [0.15, 0.2) is 0 Å². The number of unbranched alkanes of at least 4 members (excludes halogenated alkanes) is 5. The molecule has 0 aliphatic rings. The summed E-state index contributed by atoms with van der Waals surface area (Å²) in [5, 5.41) is 0. The normalized spacial score (nSPS) is 11.5. The largest absolute Gasteiger partial charge is 0.379 e. The molecule has 0 bridgehead atoms. The Balaban J connectivity index is 2.99. The van der Waals surface area contributed by atoms with E-state index in [0.717, 1.165) is 32.5 Å². The predicted octanol–water partition coefficient (Wildman–Crippen LogP) is 3.89. The van der Waals surface area contributed by atoms with Gasteiger partial charge in [-0.1, -0.05) is 46.0 Å². The molecule has 0 heterocycles. The minimum Gasteiger partial charge on any atom is -0.379 e. The van der Waals surface area contributed by atoms with Crippen LogP contribution in [0.4, 0.5) is 0 Å². The van der Waals surface area contributed by atoms with E-state index in [-0.39, 0.29) is 0 Å². The molecule has 0 N–H and O–H groups in total. The summed E-state index contributed by atoms with van der Waals surface area (Å²) >= 11 is 0. The highest BCUT2D eigenvalue weighted by molar-refractivity contribution is 4.42. The van der Waals surface area contributed by atoms with Crippen LogP contribution in [-0.4, -0.2) is 106 Å². The van der Waals surface area contributed by atoms with E-state index >= 15 is 0 Å². The van der Waals surface area contributed by atoms with Crippen molar-refractivity contribution in [2.45, 2.75) is 58.8 Å². The minimum absolute atomic E-state index is 0.552. The standard InChI is InChI=1S/C25H52O8/c1-3-5-7-8-9-11-27-13-15-29-17-19-31-21-23-33-25-24-32-22-20-30-18-16-28-14-12-26-10-6-4-2/h3-25H2,1-2H3. The van der Waals surface area contributed by atoms with E-state index < -0.39 is 0 Å². The smallest absolute Gasteiger partial charge is 0.0701 e. The lowest BCUT2D eigenvalue weighted by Gasteiger charge is -2.08. The van der Waals surface area contributed by atoms with Crippen molar-refractivity contribution in [1.82, 2.24) is 0 Å². The van der Waals surface area contributed by atoms with Crippen LogP contribution < -0.4 is 0 Å². The van der Waals surface area contributed by atoms with Crippen LogP contribution in [0.15, 0.2) is 0 Å². The van der Waals surface area contributed by atoms with Gasteiger partial charge in [-0.3, -0.25) is 0 Å². The van der Waals surface area contributed by atoms with Crippen LogP contribution in [-0.2, 0) is 37.9 Å². The molecule has 0 aliphatic heterocycles. The second-order valence-corrected chi connectivity index (χ2v) is 7.67. The zero-order valence-electron chi connectivity index (χ0n) is 21.5. The number of hydrogen-bond donors (Lipinski definition) is 0. The summed E-state index contributed by atoms with van der Waals surface area (Å²) in [7, 11) is 0. The Bertz CT molecular complexity index is 304. The monoisotopic (exact) mass is 480 g/mol. The lowest BCUT2D eigenvalue weighted by atomic mass is 10.2. The van der Waals surface area contributed by atoms with Gasteiger partial charge in [0.1, 0.15) is 0 Å². The lowest BCUT2D eigenvalue weighted by Crippen LogP contribution is -2.15. The van der Waals surface area contributed by atoms with Gasteiger partial charge >= 0.3 is 0 Å². The summed E-state index contributed by atoms with van der Waals surface area (Å²) in [5.74, 6) is 0. The molecule has 0 atom stereocenters. The molecule has 0 unspecified atom stereocenters. The van der Waals surface area contributed by atoms with E-state index in [2.05, 4.69) is 13.8 Å². The number of rotatable bonds is 30. The highest BCUT2D eigenvalue weighted by atomic mass is 16.6. The van der Waals surface area contributed by atoms with Gasteiger partial charge < -0.3 is 37.9 Å². The third-order valence-corrected chi connectivity index (χ3v) is 4.64. The first-order valence-electron chi connectivity index (χ1n) is 13.0. The summed E-state index contributed by atoms with van der Waals surface area (Å²) in [5.41, 5.74) is 0. The third kappa shape index (κ3) is 31.7. The molecule has 200 valence electrons. The molecular formula is C25H52O8. The first-order chi connectivity index (χ1) is 16.4. The quantitative estimate of drug-likeness (QED) is 0.143. The van der Waals surface area contributed by atoms with Crippen LogP contribution >= 0.6 is 0 Å². The molecule has 0 spiro atoms. The van der Waals surface area contributed by atoms with E-state index in [1.165, 1.54) is 25.7 Å². The molecule has 33 heavy (non-hydrogen) atoms. The molecule has 0 aromatic rings. The van der Waals surface area contributed by atoms with Crippen LogP contribution in [0.3, 0.4) is 0 Å². The van der Waals surface area contributed by atoms with E-state index in [4.69, 9.17) is 37.9 Å². The van der Waals surface area contributed by atoms with Gasteiger partial charge in [-0.05, 0) is 12.8 Å². The Morgan fingerprint density at radius 2 is 0.485 bits per heavy atom. The SMILES string of the molecule is CCCCCCCOCCOCCOCCOCCOCCOCCOCCOCCCC. The lowest BCUT2D eigenvalue weighted by molar-refractivity contribution is -0.0232. The molecule has 0 saturated carbocycles. The van der Waals surface area contributed by atoms with E-state index in [9.17, 15) is 0 Å². The highest BCUT2D eigenvalue weighted by Gasteiger charge is 1.95. The maximum atomic E-state index is 5.55. The first kappa shape index (κ1) is 32.7. The fraction of sp³-hybridized carbons (Fsp3) is 1.00. The van der Waals surface area contributed by atoms with E-state index in [1.54, 1.807) is 0 Å². The second kappa shape index (κ2) is 31.7. The molecule has 0 radical (unpaired) electrons. The molecule has 0 aromatic carbocycles. The molecule has 0 aromatic heterocycles. The molecule has 0 aliphatic carbocycles. The third-order valence-electron chi connectivity index (χ3n) is 4.64. The molecule has 8 nitrogen and oxygen atoms in total. The van der Waals surface area contributed by atoms with Gasteiger partial charge in [-0.15, -0.1) is 0 Å². The second-order valence-electron chi connectivity index (χ2n) is 7.67. The Morgan fingerprint density at radius 3 is 0.788 bits per heavy atom. The summed E-state index contributed by atoms with van der Waals surface area (Å²) in [6, 6.07) is 0. The fourth-order valence-corrected chi connectivity index (χ4v) is 2.70. The summed E-state index contributed by atoms with van der Waals surface area (Å²) in [6.07, 6.45) is 8.58. The van der Waals surface area contributed by atoms with E-state index in [0.29, 0.717) is 92.5 Å². The number of ether oxygens (including phenoxy) is 8. The summed E-state index contributed by atoms with van der Waals surface area (Å²) in [4.78, 5) is 0. The molecule has 0 amide bonds. The Kier molecular flexibility index (Phi) is 31.4. The van der Waals surface area contributed by atoms with Crippen molar-refractivity contribution in [3.05, 3.63) is 0 Å². The first-order valence-corrected chi connectivity index (χ1v) is 13.0. The van der Waals surface area contributed by atoms with Crippen LogP contribution in [0.5, 0.6) is 0 Å².